The van der Waals surface area contributed by atoms with Crippen LogP contribution in [0.3, 0.4) is 0 Å². The molecule has 0 saturated carbocycles. The van der Waals surface area contributed by atoms with Gasteiger partial charge in [0, 0.05) is 6.42 Å². The lowest BCUT2D eigenvalue weighted by Gasteiger charge is -2.19. The van der Waals surface area contributed by atoms with Gasteiger partial charge in [0.25, 0.3) is 0 Å². The van der Waals surface area contributed by atoms with E-state index < -0.39 is 18.1 Å². The average Bonchev–Trinajstić information content (AvgIpc) is 2.30. The van der Waals surface area contributed by atoms with Crippen molar-refractivity contribution < 1.29 is 19.8 Å². The van der Waals surface area contributed by atoms with Crippen molar-refractivity contribution in [1.29, 1.82) is 0 Å². The summed E-state index contributed by atoms with van der Waals surface area (Å²) in [5, 5.41) is 20.7. The van der Waals surface area contributed by atoms with E-state index in [0.717, 1.165) is 25.7 Å². The number of nitrogens with one attached hydrogen (secondary N) is 1. The summed E-state index contributed by atoms with van der Waals surface area (Å²) in [6.45, 7) is 3.76. The second-order valence-corrected chi connectivity index (χ2v) is 4.17. The normalized spacial score (nSPS) is 14.1. The molecule has 17 heavy (non-hydrogen) atoms. The summed E-state index contributed by atoms with van der Waals surface area (Å²) in [7, 11) is 0. The van der Waals surface area contributed by atoms with Gasteiger partial charge in [-0.3, -0.25) is 4.79 Å². The topological polar surface area (TPSA) is 86.6 Å². The maximum atomic E-state index is 11.5. The van der Waals surface area contributed by atoms with Gasteiger partial charge in [0.2, 0.25) is 5.91 Å². The molecular formula is C12H23NO4. The smallest absolute Gasteiger partial charge is 0.328 e. The van der Waals surface area contributed by atoms with Gasteiger partial charge in [-0.1, -0.05) is 33.1 Å². The highest BCUT2D eigenvalue weighted by atomic mass is 16.4. The van der Waals surface area contributed by atoms with Crippen LogP contribution in [0.4, 0.5) is 0 Å². The molecule has 1 amide bonds. The van der Waals surface area contributed by atoms with E-state index >= 15 is 0 Å². The number of hydrogen-bond donors (Lipinski definition) is 3. The van der Waals surface area contributed by atoms with Crippen LogP contribution in [-0.4, -0.2) is 34.2 Å². The Balaban J connectivity index is 4.00. The van der Waals surface area contributed by atoms with Crippen LogP contribution in [-0.2, 0) is 9.59 Å². The van der Waals surface area contributed by atoms with Gasteiger partial charge >= 0.3 is 5.97 Å². The number of aliphatic carboxylic acids is 1. The van der Waals surface area contributed by atoms with E-state index in [1.54, 1.807) is 6.92 Å². The van der Waals surface area contributed by atoms with Crippen LogP contribution in [0.1, 0.15) is 52.4 Å². The van der Waals surface area contributed by atoms with Crippen molar-refractivity contribution in [1.82, 2.24) is 5.32 Å². The number of carbonyl (C=O) groups excluding carboxylic acids is 1. The fraction of sp³-hybridized carbons (Fsp3) is 0.833. The highest BCUT2D eigenvalue weighted by molar-refractivity contribution is 5.83. The fourth-order valence-corrected chi connectivity index (χ4v) is 1.52. The van der Waals surface area contributed by atoms with Crippen molar-refractivity contribution in [2.24, 2.45) is 0 Å². The van der Waals surface area contributed by atoms with Gasteiger partial charge in [-0.05, 0) is 12.8 Å². The minimum atomic E-state index is -1.20. The van der Waals surface area contributed by atoms with Gasteiger partial charge < -0.3 is 15.5 Å². The summed E-state index contributed by atoms with van der Waals surface area (Å²) in [6, 6.07) is -1.20. The Morgan fingerprint density at radius 3 is 2.29 bits per heavy atom. The Morgan fingerprint density at radius 2 is 1.82 bits per heavy atom. The van der Waals surface area contributed by atoms with Crippen molar-refractivity contribution in [2.45, 2.75) is 64.5 Å². The Labute approximate surface area is 102 Å². The minimum absolute atomic E-state index is 0.299. The van der Waals surface area contributed by atoms with E-state index in [4.69, 9.17) is 5.11 Å². The molecule has 0 aliphatic heterocycles. The van der Waals surface area contributed by atoms with E-state index in [0.29, 0.717) is 12.8 Å². The van der Waals surface area contributed by atoms with Crippen LogP contribution in [0.5, 0.6) is 0 Å². The zero-order valence-electron chi connectivity index (χ0n) is 10.6. The SMILES string of the molecule is CCCCCCC(=O)N[C@@H](C(=O)O)[C@@H](O)CC. The highest BCUT2D eigenvalue weighted by Gasteiger charge is 2.26. The Kier molecular flexibility index (Phi) is 8.40. The van der Waals surface area contributed by atoms with Crippen molar-refractivity contribution in [3.8, 4) is 0 Å². The molecule has 0 saturated heterocycles. The lowest BCUT2D eigenvalue weighted by atomic mass is 10.1. The third kappa shape index (κ3) is 6.94. The zero-order chi connectivity index (χ0) is 13.3. The van der Waals surface area contributed by atoms with Crippen LogP contribution < -0.4 is 5.32 Å². The predicted molar refractivity (Wildman–Crippen MR) is 64.6 cm³/mol. The van der Waals surface area contributed by atoms with Gasteiger partial charge in [-0.25, -0.2) is 4.79 Å². The number of hydrogen-bond acceptors (Lipinski definition) is 3. The molecule has 2 atom stereocenters. The molecule has 3 N–H and O–H groups in total. The molecular weight excluding hydrogens is 222 g/mol. The first-order valence-electron chi connectivity index (χ1n) is 6.23. The maximum absolute atomic E-state index is 11.5. The Hall–Kier alpha value is -1.10. The Morgan fingerprint density at radius 1 is 1.18 bits per heavy atom. The van der Waals surface area contributed by atoms with Crippen molar-refractivity contribution in [2.75, 3.05) is 0 Å². The molecule has 0 fully saturated rings. The number of carboxylic acids is 1. The average molecular weight is 245 g/mol. The van der Waals surface area contributed by atoms with E-state index in [1.165, 1.54) is 0 Å². The fourth-order valence-electron chi connectivity index (χ4n) is 1.52. The summed E-state index contributed by atoms with van der Waals surface area (Å²) in [5.41, 5.74) is 0. The first kappa shape index (κ1) is 15.9. The van der Waals surface area contributed by atoms with Crippen LogP contribution in [0.15, 0.2) is 0 Å². The first-order valence-corrected chi connectivity index (χ1v) is 6.23. The monoisotopic (exact) mass is 245 g/mol. The summed E-state index contributed by atoms with van der Waals surface area (Å²) in [5.74, 6) is -1.50. The lowest BCUT2D eigenvalue weighted by molar-refractivity contribution is -0.145. The summed E-state index contributed by atoms with van der Waals surface area (Å²) >= 11 is 0. The number of amides is 1. The number of carboxylic acid groups (broad SMARTS) is 1. The first-order chi connectivity index (χ1) is 8.02. The summed E-state index contributed by atoms with van der Waals surface area (Å²) in [6.07, 6.45) is 3.48. The maximum Gasteiger partial charge on any atom is 0.328 e. The minimum Gasteiger partial charge on any atom is -0.480 e. The summed E-state index contributed by atoms with van der Waals surface area (Å²) in [4.78, 5) is 22.3. The number of rotatable bonds is 9. The molecule has 0 spiro atoms. The van der Waals surface area contributed by atoms with Gasteiger partial charge in [0.1, 0.15) is 0 Å². The molecule has 5 nitrogen and oxygen atoms in total. The molecule has 0 aromatic rings. The third-order valence-corrected chi connectivity index (χ3v) is 2.64. The number of unbranched alkanes of at least 4 members (excludes halogenated alkanes) is 3. The number of aliphatic hydroxyl groups excluding tert-OH is 1. The molecule has 0 rings (SSSR count). The van der Waals surface area contributed by atoms with Gasteiger partial charge in [-0.2, -0.15) is 0 Å². The summed E-state index contributed by atoms with van der Waals surface area (Å²) < 4.78 is 0. The standard InChI is InChI=1S/C12H23NO4/c1-3-5-6-7-8-10(15)13-11(12(16)17)9(14)4-2/h9,11,14H,3-8H2,1-2H3,(H,13,15)(H,16,17)/t9-,11+/m0/s1. The largest absolute Gasteiger partial charge is 0.480 e. The quantitative estimate of drug-likeness (QED) is 0.534. The molecule has 0 aromatic carbocycles. The third-order valence-electron chi connectivity index (χ3n) is 2.64. The van der Waals surface area contributed by atoms with Crippen LogP contribution in [0.25, 0.3) is 0 Å². The number of aliphatic hydroxyl groups is 1. The van der Waals surface area contributed by atoms with Crippen molar-refractivity contribution >= 4 is 11.9 Å². The second kappa shape index (κ2) is 8.98. The molecule has 100 valence electrons. The lowest BCUT2D eigenvalue weighted by Crippen LogP contribution is -2.48. The second-order valence-electron chi connectivity index (χ2n) is 4.17. The van der Waals surface area contributed by atoms with E-state index in [2.05, 4.69) is 12.2 Å². The molecule has 5 heteroatoms. The Bertz CT molecular complexity index is 243. The van der Waals surface area contributed by atoms with Crippen LogP contribution >= 0.6 is 0 Å². The van der Waals surface area contributed by atoms with Gasteiger partial charge in [-0.15, -0.1) is 0 Å². The van der Waals surface area contributed by atoms with E-state index in [9.17, 15) is 14.7 Å². The van der Waals surface area contributed by atoms with Gasteiger partial charge in [0.05, 0.1) is 6.10 Å². The van der Waals surface area contributed by atoms with E-state index in [-0.39, 0.29) is 5.91 Å². The van der Waals surface area contributed by atoms with Crippen molar-refractivity contribution in [3.05, 3.63) is 0 Å². The van der Waals surface area contributed by atoms with Gasteiger partial charge in [0.15, 0.2) is 6.04 Å². The molecule has 0 aliphatic carbocycles. The molecule has 0 aromatic heterocycles. The van der Waals surface area contributed by atoms with E-state index in [1.807, 2.05) is 0 Å². The predicted octanol–water partition coefficient (Wildman–Crippen LogP) is 1.30. The van der Waals surface area contributed by atoms with Crippen LogP contribution in [0.2, 0.25) is 0 Å². The molecule has 0 unspecified atom stereocenters. The molecule has 0 heterocycles. The van der Waals surface area contributed by atoms with Crippen molar-refractivity contribution in [3.63, 3.8) is 0 Å². The highest BCUT2D eigenvalue weighted by Crippen LogP contribution is 2.04. The molecule has 0 aliphatic rings. The van der Waals surface area contributed by atoms with Crippen LogP contribution in [0, 0.1) is 0 Å². The molecule has 0 radical (unpaired) electrons. The molecule has 0 bridgehead atoms. The number of carbonyl (C=O) groups is 2. The zero-order valence-corrected chi connectivity index (χ0v) is 10.6.